The van der Waals surface area contributed by atoms with Gasteiger partial charge in [0.2, 0.25) is 11.7 Å². The van der Waals surface area contributed by atoms with E-state index in [-0.39, 0.29) is 17.5 Å². The van der Waals surface area contributed by atoms with Crippen molar-refractivity contribution in [3.63, 3.8) is 0 Å². The second-order valence-corrected chi connectivity index (χ2v) is 4.86. The molecule has 2 aromatic rings. The molecule has 2 atom stereocenters. The highest BCUT2D eigenvalue weighted by atomic mass is 16.5. The molecule has 0 bridgehead atoms. The first-order chi connectivity index (χ1) is 9.15. The van der Waals surface area contributed by atoms with Gasteiger partial charge in [-0.25, -0.2) is 0 Å². The van der Waals surface area contributed by atoms with Crippen molar-refractivity contribution in [3.05, 3.63) is 24.1 Å². The molecule has 19 heavy (non-hydrogen) atoms. The van der Waals surface area contributed by atoms with Crippen LogP contribution in [-0.2, 0) is 0 Å². The normalized spacial score (nSPS) is 22.8. The molecule has 3 N–H and O–H groups in total. The number of phenolic OH excluding ortho intramolecular Hbond substituents is 2. The smallest absolute Gasteiger partial charge is 0.244 e. The topological polar surface area (TPSA) is 91.4 Å². The van der Waals surface area contributed by atoms with E-state index in [4.69, 9.17) is 4.52 Å². The fraction of sp³-hybridized carbons (Fsp3) is 0.385. The second-order valence-electron chi connectivity index (χ2n) is 4.86. The van der Waals surface area contributed by atoms with E-state index >= 15 is 0 Å². The zero-order valence-corrected chi connectivity index (χ0v) is 10.5. The lowest BCUT2D eigenvalue weighted by Gasteiger charge is -2.09. The molecule has 0 amide bonds. The highest BCUT2D eigenvalue weighted by Gasteiger charge is 2.29. The standard InChI is InChI=1S/C13H15N3O3/c1-7-4-5-14-11(7)13-15-12(16-19-13)8-2-3-9(17)10(18)6-8/h2-3,6-7,11,14,17-18H,4-5H2,1H3. The van der Waals surface area contributed by atoms with Crippen LogP contribution in [0.4, 0.5) is 0 Å². The van der Waals surface area contributed by atoms with Gasteiger partial charge in [-0.2, -0.15) is 4.98 Å². The molecule has 0 aliphatic carbocycles. The van der Waals surface area contributed by atoms with Gasteiger partial charge in [-0.15, -0.1) is 0 Å². The van der Waals surface area contributed by atoms with Crippen LogP contribution in [0.2, 0.25) is 0 Å². The van der Waals surface area contributed by atoms with Gasteiger partial charge in [-0.05, 0) is 37.1 Å². The molecule has 6 nitrogen and oxygen atoms in total. The summed E-state index contributed by atoms with van der Waals surface area (Å²) in [4.78, 5) is 4.35. The zero-order chi connectivity index (χ0) is 13.4. The minimum atomic E-state index is -0.198. The Morgan fingerprint density at radius 1 is 1.32 bits per heavy atom. The van der Waals surface area contributed by atoms with Gasteiger partial charge in [0.25, 0.3) is 0 Å². The van der Waals surface area contributed by atoms with Crippen molar-refractivity contribution >= 4 is 0 Å². The lowest BCUT2D eigenvalue weighted by Crippen LogP contribution is -2.16. The molecule has 1 saturated heterocycles. The summed E-state index contributed by atoms with van der Waals surface area (Å²) in [7, 11) is 0. The Balaban J connectivity index is 1.90. The van der Waals surface area contributed by atoms with Gasteiger partial charge in [0, 0.05) is 5.56 Å². The Morgan fingerprint density at radius 2 is 2.16 bits per heavy atom. The molecule has 0 radical (unpaired) electrons. The number of hydrogen-bond acceptors (Lipinski definition) is 6. The molecule has 3 rings (SSSR count). The molecular formula is C13H15N3O3. The molecule has 2 unspecified atom stereocenters. The maximum atomic E-state index is 9.47. The largest absolute Gasteiger partial charge is 0.504 e. The van der Waals surface area contributed by atoms with Crippen LogP contribution in [-0.4, -0.2) is 26.9 Å². The van der Waals surface area contributed by atoms with E-state index in [1.807, 2.05) is 0 Å². The third-order valence-electron chi connectivity index (χ3n) is 3.47. The molecule has 1 aliphatic rings. The minimum absolute atomic E-state index is 0.0898. The van der Waals surface area contributed by atoms with Crippen LogP contribution in [0.25, 0.3) is 11.4 Å². The number of aromatic nitrogens is 2. The van der Waals surface area contributed by atoms with Crippen LogP contribution in [0, 0.1) is 5.92 Å². The number of nitrogens with zero attached hydrogens (tertiary/aromatic N) is 2. The molecule has 0 spiro atoms. The van der Waals surface area contributed by atoms with Crippen LogP contribution in [0.5, 0.6) is 11.5 Å². The summed E-state index contributed by atoms with van der Waals surface area (Å²) in [6.07, 6.45) is 1.09. The molecule has 1 fully saturated rings. The van der Waals surface area contributed by atoms with Crippen LogP contribution in [0.15, 0.2) is 22.7 Å². The fourth-order valence-electron chi connectivity index (χ4n) is 2.31. The first-order valence-electron chi connectivity index (χ1n) is 6.24. The molecule has 1 aromatic heterocycles. The maximum absolute atomic E-state index is 9.47. The van der Waals surface area contributed by atoms with Crippen molar-refractivity contribution in [1.29, 1.82) is 0 Å². The number of hydrogen-bond donors (Lipinski definition) is 3. The highest BCUT2D eigenvalue weighted by molar-refractivity contribution is 5.59. The first kappa shape index (κ1) is 12.0. The second kappa shape index (κ2) is 4.55. The van der Waals surface area contributed by atoms with E-state index < -0.39 is 0 Å². The van der Waals surface area contributed by atoms with Crippen LogP contribution in [0.1, 0.15) is 25.3 Å². The number of aromatic hydroxyl groups is 2. The van der Waals surface area contributed by atoms with Gasteiger partial charge >= 0.3 is 0 Å². The summed E-state index contributed by atoms with van der Waals surface area (Å²) in [5.41, 5.74) is 0.607. The highest BCUT2D eigenvalue weighted by Crippen LogP contribution is 2.32. The predicted octanol–water partition coefficient (Wildman–Crippen LogP) is 1.82. The summed E-state index contributed by atoms with van der Waals surface area (Å²) < 4.78 is 5.28. The zero-order valence-electron chi connectivity index (χ0n) is 10.5. The van der Waals surface area contributed by atoms with Gasteiger partial charge in [-0.1, -0.05) is 12.1 Å². The van der Waals surface area contributed by atoms with Gasteiger partial charge < -0.3 is 20.1 Å². The average Bonchev–Trinajstić information content (AvgIpc) is 3.01. The first-order valence-corrected chi connectivity index (χ1v) is 6.24. The lowest BCUT2D eigenvalue weighted by atomic mass is 10.0. The minimum Gasteiger partial charge on any atom is -0.504 e. The molecule has 2 heterocycles. The third kappa shape index (κ3) is 2.15. The van der Waals surface area contributed by atoms with Crippen molar-refractivity contribution in [2.24, 2.45) is 5.92 Å². The third-order valence-corrected chi connectivity index (χ3v) is 3.47. The van der Waals surface area contributed by atoms with Crippen LogP contribution < -0.4 is 5.32 Å². The Hall–Kier alpha value is -2.08. The monoisotopic (exact) mass is 261 g/mol. The Morgan fingerprint density at radius 3 is 2.84 bits per heavy atom. The van der Waals surface area contributed by atoms with Crippen molar-refractivity contribution in [2.45, 2.75) is 19.4 Å². The van der Waals surface area contributed by atoms with Crippen LogP contribution in [0.3, 0.4) is 0 Å². The van der Waals surface area contributed by atoms with Crippen molar-refractivity contribution in [3.8, 4) is 22.9 Å². The van der Waals surface area contributed by atoms with E-state index in [2.05, 4.69) is 22.4 Å². The molecule has 1 aromatic carbocycles. The quantitative estimate of drug-likeness (QED) is 0.714. The number of nitrogens with one attached hydrogen (secondary N) is 1. The fourth-order valence-corrected chi connectivity index (χ4v) is 2.31. The van der Waals surface area contributed by atoms with Crippen molar-refractivity contribution in [1.82, 2.24) is 15.5 Å². The summed E-state index contributed by atoms with van der Waals surface area (Å²) in [6.45, 7) is 3.09. The number of rotatable bonds is 2. The van der Waals surface area contributed by atoms with E-state index in [0.29, 0.717) is 23.2 Å². The van der Waals surface area contributed by atoms with E-state index in [1.54, 1.807) is 6.07 Å². The number of phenols is 2. The average molecular weight is 261 g/mol. The Kier molecular flexibility index (Phi) is 2.87. The predicted molar refractivity (Wildman–Crippen MR) is 67.6 cm³/mol. The van der Waals surface area contributed by atoms with Gasteiger partial charge in [0.15, 0.2) is 11.5 Å². The molecule has 1 aliphatic heterocycles. The Labute approximate surface area is 110 Å². The summed E-state index contributed by atoms with van der Waals surface area (Å²) >= 11 is 0. The lowest BCUT2D eigenvalue weighted by molar-refractivity contribution is 0.319. The van der Waals surface area contributed by atoms with E-state index in [1.165, 1.54) is 12.1 Å². The van der Waals surface area contributed by atoms with Crippen LogP contribution >= 0.6 is 0 Å². The molecule has 6 heteroatoms. The molecular weight excluding hydrogens is 246 g/mol. The van der Waals surface area contributed by atoms with E-state index in [9.17, 15) is 10.2 Å². The van der Waals surface area contributed by atoms with Crippen molar-refractivity contribution in [2.75, 3.05) is 6.54 Å². The van der Waals surface area contributed by atoms with Gasteiger partial charge in [0.1, 0.15) is 0 Å². The molecule has 100 valence electrons. The SMILES string of the molecule is CC1CCNC1c1nc(-c2ccc(O)c(O)c2)no1. The van der Waals surface area contributed by atoms with Gasteiger partial charge in [-0.3, -0.25) is 0 Å². The van der Waals surface area contributed by atoms with Crippen molar-refractivity contribution < 1.29 is 14.7 Å². The summed E-state index contributed by atoms with van der Waals surface area (Å²) in [6, 6.07) is 4.54. The summed E-state index contributed by atoms with van der Waals surface area (Å²) in [5.74, 6) is 1.06. The van der Waals surface area contributed by atoms with E-state index in [0.717, 1.165) is 13.0 Å². The maximum Gasteiger partial charge on any atom is 0.244 e. The Bertz CT molecular complexity index is 597. The number of benzene rings is 1. The van der Waals surface area contributed by atoms with Gasteiger partial charge in [0.05, 0.1) is 6.04 Å². The summed E-state index contributed by atoms with van der Waals surface area (Å²) in [5, 5.41) is 26.0. The molecule has 0 saturated carbocycles.